The minimum Gasteiger partial charge on any atom is -0.437 e. The van der Waals surface area contributed by atoms with Gasteiger partial charge in [0, 0.05) is 18.8 Å². The van der Waals surface area contributed by atoms with Gasteiger partial charge in [-0.15, -0.1) is 0 Å². The van der Waals surface area contributed by atoms with Crippen LogP contribution in [0.2, 0.25) is 0 Å². The number of ether oxygens (including phenoxy) is 1. The first-order valence-corrected chi connectivity index (χ1v) is 6.58. The minimum absolute atomic E-state index is 0.342. The lowest BCUT2D eigenvalue weighted by Gasteiger charge is -2.08. The molecule has 2 aromatic rings. The Morgan fingerprint density at radius 2 is 2.15 bits per heavy atom. The van der Waals surface area contributed by atoms with Gasteiger partial charge in [0.15, 0.2) is 0 Å². The van der Waals surface area contributed by atoms with Crippen molar-refractivity contribution in [2.45, 2.75) is 20.4 Å². The third-order valence-electron chi connectivity index (χ3n) is 2.54. The van der Waals surface area contributed by atoms with E-state index in [0.717, 1.165) is 12.2 Å². The highest BCUT2D eigenvalue weighted by molar-refractivity contribution is 5.26. The van der Waals surface area contributed by atoms with Crippen molar-refractivity contribution in [1.29, 1.82) is 0 Å². The molecule has 0 saturated heterocycles. The van der Waals surface area contributed by atoms with Crippen LogP contribution < -0.4 is 10.1 Å². The minimum atomic E-state index is -0.342. The van der Waals surface area contributed by atoms with Gasteiger partial charge in [0.1, 0.15) is 11.6 Å². The summed E-state index contributed by atoms with van der Waals surface area (Å²) in [6.07, 6.45) is 3.20. The number of benzene rings is 1. The normalized spacial score (nSPS) is 10.8. The number of hydrogen-bond acceptors (Lipinski definition) is 4. The summed E-state index contributed by atoms with van der Waals surface area (Å²) in [5.41, 5.74) is 0.791. The van der Waals surface area contributed by atoms with Gasteiger partial charge in [-0.1, -0.05) is 19.9 Å². The Morgan fingerprint density at radius 3 is 2.90 bits per heavy atom. The number of hydrogen-bond donors (Lipinski definition) is 1. The molecule has 0 aliphatic rings. The molecular formula is C15H18FN3O. The van der Waals surface area contributed by atoms with Gasteiger partial charge in [0.2, 0.25) is 5.88 Å². The third kappa shape index (κ3) is 4.59. The summed E-state index contributed by atoms with van der Waals surface area (Å²) in [4.78, 5) is 8.40. The first-order valence-electron chi connectivity index (χ1n) is 6.58. The summed E-state index contributed by atoms with van der Waals surface area (Å²) in [5, 5.41) is 3.28. The van der Waals surface area contributed by atoms with Crippen LogP contribution in [0.15, 0.2) is 36.7 Å². The average molecular weight is 275 g/mol. The molecule has 0 aliphatic heterocycles. The van der Waals surface area contributed by atoms with Gasteiger partial charge >= 0.3 is 0 Å². The summed E-state index contributed by atoms with van der Waals surface area (Å²) in [6.45, 7) is 5.83. The molecule has 4 nitrogen and oxygen atoms in total. The zero-order valence-electron chi connectivity index (χ0n) is 11.6. The molecule has 2 rings (SSSR count). The van der Waals surface area contributed by atoms with E-state index in [1.165, 1.54) is 18.3 Å². The second-order valence-corrected chi connectivity index (χ2v) is 4.93. The summed E-state index contributed by atoms with van der Waals surface area (Å²) in [7, 11) is 0. The van der Waals surface area contributed by atoms with Crippen molar-refractivity contribution in [3.8, 4) is 11.6 Å². The molecule has 1 heterocycles. The molecule has 0 aliphatic carbocycles. The molecule has 0 bridgehead atoms. The maximum Gasteiger partial charge on any atom is 0.238 e. The molecule has 0 amide bonds. The highest BCUT2D eigenvalue weighted by Gasteiger charge is 2.03. The number of nitrogens with one attached hydrogen (secondary N) is 1. The van der Waals surface area contributed by atoms with E-state index in [4.69, 9.17) is 4.74 Å². The number of halogens is 1. The largest absolute Gasteiger partial charge is 0.437 e. The third-order valence-corrected chi connectivity index (χ3v) is 2.54. The van der Waals surface area contributed by atoms with Gasteiger partial charge in [0.25, 0.3) is 0 Å². The van der Waals surface area contributed by atoms with Gasteiger partial charge in [-0.05, 0) is 24.6 Å². The SMILES string of the molecule is CC(C)CNCc1cncc(Oc2cccc(F)c2)n1. The zero-order chi connectivity index (χ0) is 14.4. The molecule has 0 spiro atoms. The lowest BCUT2D eigenvalue weighted by atomic mass is 10.2. The average Bonchev–Trinajstić information content (AvgIpc) is 2.39. The summed E-state index contributed by atoms with van der Waals surface area (Å²) >= 11 is 0. The van der Waals surface area contributed by atoms with E-state index in [-0.39, 0.29) is 5.82 Å². The van der Waals surface area contributed by atoms with E-state index in [0.29, 0.717) is 24.1 Å². The van der Waals surface area contributed by atoms with Gasteiger partial charge in [-0.2, -0.15) is 0 Å². The number of rotatable bonds is 6. The standard InChI is InChI=1S/C15H18FN3O/c1-11(2)7-17-8-13-9-18-10-15(19-13)20-14-5-3-4-12(16)6-14/h3-6,9-11,17H,7-8H2,1-2H3. The van der Waals surface area contributed by atoms with E-state index in [2.05, 4.69) is 29.1 Å². The second-order valence-electron chi connectivity index (χ2n) is 4.93. The molecule has 0 radical (unpaired) electrons. The fraction of sp³-hybridized carbons (Fsp3) is 0.333. The Kier molecular flexibility index (Phi) is 5.01. The maximum absolute atomic E-state index is 13.1. The summed E-state index contributed by atoms with van der Waals surface area (Å²) in [5.74, 6) is 1.01. The molecular weight excluding hydrogens is 257 g/mol. The number of nitrogens with zero attached hydrogens (tertiary/aromatic N) is 2. The molecule has 20 heavy (non-hydrogen) atoms. The van der Waals surface area contributed by atoms with Crippen LogP contribution in [0.5, 0.6) is 11.6 Å². The Bertz CT molecular complexity index is 560. The quantitative estimate of drug-likeness (QED) is 0.879. The van der Waals surface area contributed by atoms with Crippen molar-refractivity contribution in [2.24, 2.45) is 5.92 Å². The molecule has 0 fully saturated rings. The van der Waals surface area contributed by atoms with Gasteiger partial charge < -0.3 is 10.1 Å². The van der Waals surface area contributed by atoms with Gasteiger partial charge in [-0.25, -0.2) is 9.37 Å². The van der Waals surface area contributed by atoms with Crippen LogP contribution >= 0.6 is 0 Å². The van der Waals surface area contributed by atoms with Crippen molar-refractivity contribution < 1.29 is 9.13 Å². The predicted octanol–water partition coefficient (Wildman–Crippen LogP) is 3.15. The second kappa shape index (κ2) is 6.96. The van der Waals surface area contributed by atoms with Crippen LogP contribution in [0, 0.1) is 11.7 Å². The summed E-state index contributed by atoms with van der Waals surface area (Å²) in [6, 6.07) is 5.94. The molecule has 0 unspecified atom stereocenters. The fourth-order valence-corrected chi connectivity index (χ4v) is 1.66. The molecule has 0 atom stereocenters. The highest BCUT2D eigenvalue weighted by Crippen LogP contribution is 2.19. The van der Waals surface area contributed by atoms with Crippen LogP contribution in [0.3, 0.4) is 0 Å². The van der Waals surface area contributed by atoms with Crippen LogP contribution in [0.4, 0.5) is 4.39 Å². The smallest absolute Gasteiger partial charge is 0.238 e. The molecule has 1 N–H and O–H groups in total. The van der Waals surface area contributed by atoms with Crippen molar-refractivity contribution in [3.05, 3.63) is 48.2 Å². The lowest BCUT2D eigenvalue weighted by molar-refractivity contribution is 0.451. The predicted molar refractivity (Wildman–Crippen MR) is 75.1 cm³/mol. The highest BCUT2D eigenvalue weighted by atomic mass is 19.1. The van der Waals surface area contributed by atoms with Crippen molar-refractivity contribution in [2.75, 3.05) is 6.54 Å². The van der Waals surface area contributed by atoms with E-state index in [1.807, 2.05) is 0 Å². The summed E-state index contributed by atoms with van der Waals surface area (Å²) < 4.78 is 18.6. The maximum atomic E-state index is 13.1. The van der Waals surface area contributed by atoms with Crippen LogP contribution in [-0.4, -0.2) is 16.5 Å². The van der Waals surface area contributed by atoms with Crippen molar-refractivity contribution >= 4 is 0 Å². The molecule has 1 aromatic heterocycles. The first kappa shape index (κ1) is 14.4. The monoisotopic (exact) mass is 275 g/mol. The first-order chi connectivity index (χ1) is 9.63. The van der Waals surface area contributed by atoms with Crippen LogP contribution in [0.25, 0.3) is 0 Å². The van der Waals surface area contributed by atoms with E-state index in [9.17, 15) is 4.39 Å². The Labute approximate surface area is 118 Å². The van der Waals surface area contributed by atoms with Crippen LogP contribution in [0.1, 0.15) is 19.5 Å². The zero-order valence-corrected chi connectivity index (χ0v) is 11.6. The van der Waals surface area contributed by atoms with Crippen LogP contribution in [-0.2, 0) is 6.54 Å². The Hall–Kier alpha value is -2.01. The van der Waals surface area contributed by atoms with Gasteiger partial charge in [-0.3, -0.25) is 4.98 Å². The molecule has 5 heteroatoms. The fourth-order valence-electron chi connectivity index (χ4n) is 1.66. The Balaban J connectivity index is 1.99. The topological polar surface area (TPSA) is 47.0 Å². The molecule has 1 aromatic carbocycles. The Morgan fingerprint density at radius 1 is 1.30 bits per heavy atom. The van der Waals surface area contributed by atoms with Gasteiger partial charge in [0.05, 0.1) is 11.9 Å². The molecule has 0 saturated carbocycles. The van der Waals surface area contributed by atoms with E-state index < -0.39 is 0 Å². The van der Waals surface area contributed by atoms with Crippen molar-refractivity contribution in [3.63, 3.8) is 0 Å². The number of aromatic nitrogens is 2. The van der Waals surface area contributed by atoms with Crippen molar-refractivity contribution in [1.82, 2.24) is 15.3 Å². The van der Waals surface area contributed by atoms with E-state index >= 15 is 0 Å². The lowest BCUT2D eigenvalue weighted by Crippen LogP contribution is -2.19. The van der Waals surface area contributed by atoms with E-state index in [1.54, 1.807) is 18.3 Å². The molecule has 106 valence electrons.